The molecular formula is C9H21NO2S. The van der Waals surface area contributed by atoms with Crippen LogP contribution in [0.15, 0.2) is 0 Å². The fraction of sp³-hybridized carbons (Fsp3) is 1.00. The first kappa shape index (κ1) is 13.1. The van der Waals surface area contributed by atoms with Gasteiger partial charge in [-0.25, -0.2) is 0 Å². The molecule has 13 heavy (non-hydrogen) atoms. The summed E-state index contributed by atoms with van der Waals surface area (Å²) < 4.78 is 10.9. The van der Waals surface area contributed by atoms with Crippen molar-refractivity contribution in [2.24, 2.45) is 0 Å². The first-order valence-electron chi connectivity index (χ1n) is 4.88. The van der Waals surface area contributed by atoms with Crippen molar-refractivity contribution >= 4 is 10.8 Å². The van der Waals surface area contributed by atoms with E-state index in [1.807, 2.05) is 20.9 Å². The van der Waals surface area contributed by atoms with Gasteiger partial charge in [0, 0.05) is 28.9 Å². The van der Waals surface area contributed by atoms with Crippen molar-refractivity contribution in [3.8, 4) is 0 Å². The molecule has 80 valence electrons. The quantitative estimate of drug-likeness (QED) is 0.693. The van der Waals surface area contributed by atoms with Gasteiger partial charge in [0.15, 0.2) is 0 Å². The normalized spacial score (nSPS) is 33.4. The van der Waals surface area contributed by atoms with E-state index in [1.165, 1.54) is 0 Å². The molecule has 1 rings (SSSR count). The molecule has 0 bridgehead atoms. The van der Waals surface area contributed by atoms with Crippen LogP contribution in [0, 0.1) is 0 Å². The van der Waals surface area contributed by atoms with Gasteiger partial charge in [-0.15, -0.1) is 0 Å². The van der Waals surface area contributed by atoms with E-state index in [2.05, 4.69) is 5.32 Å². The van der Waals surface area contributed by atoms with Gasteiger partial charge in [0.2, 0.25) is 0 Å². The molecule has 2 N–H and O–H groups in total. The van der Waals surface area contributed by atoms with Crippen LogP contribution in [-0.4, -0.2) is 40.0 Å². The Balaban J connectivity index is 0.000000671. The topological polar surface area (TPSA) is 49.3 Å². The van der Waals surface area contributed by atoms with Crippen LogP contribution in [0.5, 0.6) is 0 Å². The SMILES string of the molecule is CC.CNCC1(O)CCS(=O)CC1. The molecule has 0 radical (unpaired) electrons. The van der Waals surface area contributed by atoms with Gasteiger partial charge in [-0.2, -0.15) is 0 Å². The Morgan fingerprint density at radius 2 is 1.85 bits per heavy atom. The molecule has 0 aromatic heterocycles. The molecule has 0 unspecified atom stereocenters. The van der Waals surface area contributed by atoms with Gasteiger partial charge in [-0.3, -0.25) is 4.21 Å². The van der Waals surface area contributed by atoms with E-state index >= 15 is 0 Å². The molecule has 0 saturated carbocycles. The Labute approximate surface area is 83.4 Å². The second kappa shape index (κ2) is 6.51. The first-order valence-corrected chi connectivity index (χ1v) is 6.37. The predicted octanol–water partition coefficient (Wildman–Crippen LogP) is 0.506. The third-order valence-corrected chi connectivity index (χ3v) is 3.41. The monoisotopic (exact) mass is 207 g/mol. The van der Waals surface area contributed by atoms with Crippen molar-refractivity contribution in [2.45, 2.75) is 32.3 Å². The fourth-order valence-corrected chi connectivity index (χ4v) is 2.76. The molecule has 1 aliphatic rings. The van der Waals surface area contributed by atoms with Crippen molar-refractivity contribution in [3.63, 3.8) is 0 Å². The standard InChI is InChI=1S/C7H15NO2S.C2H6/c1-8-6-7(9)2-4-11(10)5-3-7;1-2/h8-9H,2-6H2,1H3;1-2H3. The van der Waals surface area contributed by atoms with Crippen LogP contribution in [0.3, 0.4) is 0 Å². The Morgan fingerprint density at radius 1 is 1.38 bits per heavy atom. The summed E-state index contributed by atoms with van der Waals surface area (Å²) in [6, 6.07) is 0. The summed E-state index contributed by atoms with van der Waals surface area (Å²) >= 11 is 0. The van der Waals surface area contributed by atoms with Crippen LogP contribution < -0.4 is 5.32 Å². The molecule has 1 heterocycles. The number of rotatable bonds is 2. The number of aliphatic hydroxyl groups is 1. The van der Waals surface area contributed by atoms with Gasteiger partial charge < -0.3 is 10.4 Å². The van der Waals surface area contributed by atoms with Gasteiger partial charge in [0.1, 0.15) is 0 Å². The van der Waals surface area contributed by atoms with Crippen LogP contribution in [0.25, 0.3) is 0 Å². The Bertz CT molecular complexity index is 152. The van der Waals surface area contributed by atoms with E-state index in [1.54, 1.807) is 0 Å². The number of hydrogen-bond donors (Lipinski definition) is 2. The highest BCUT2D eigenvalue weighted by Crippen LogP contribution is 2.20. The summed E-state index contributed by atoms with van der Waals surface area (Å²) in [6.45, 7) is 4.62. The maximum atomic E-state index is 10.9. The molecule has 3 nitrogen and oxygen atoms in total. The third-order valence-electron chi connectivity index (χ3n) is 2.10. The zero-order valence-electron chi connectivity index (χ0n) is 8.80. The maximum Gasteiger partial charge on any atom is 0.0789 e. The lowest BCUT2D eigenvalue weighted by Crippen LogP contribution is -2.44. The summed E-state index contributed by atoms with van der Waals surface area (Å²) in [4.78, 5) is 0. The van der Waals surface area contributed by atoms with Crippen molar-refractivity contribution in [3.05, 3.63) is 0 Å². The minimum absolute atomic E-state index is 0.595. The Hall–Kier alpha value is 0.0700. The molecule has 0 aromatic rings. The van der Waals surface area contributed by atoms with Gasteiger partial charge >= 0.3 is 0 Å². The summed E-state index contributed by atoms with van der Waals surface area (Å²) in [5.74, 6) is 1.30. The summed E-state index contributed by atoms with van der Waals surface area (Å²) in [7, 11) is 1.14. The van der Waals surface area contributed by atoms with Crippen molar-refractivity contribution < 1.29 is 9.32 Å². The van der Waals surface area contributed by atoms with Gasteiger partial charge in [0.25, 0.3) is 0 Å². The molecule has 1 aliphatic heterocycles. The number of nitrogens with one attached hydrogen (secondary N) is 1. The second-order valence-corrected chi connectivity index (χ2v) is 4.80. The van der Waals surface area contributed by atoms with Crippen LogP contribution >= 0.6 is 0 Å². The lowest BCUT2D eigenvalue weighted by atomic mass is 9.97. The number of likely N-dealkylation sites (N-methyl/N-ethyl adjacent to an activating group) is 1. The highest BCUT2D eigenvalue weighted by atomic mass is 32.2. The molecule has 0 aromatic carbocycles. The zero-order valence-corrected chi connectivity index (χ0v) is 9.62. The van der Waals surface area contributed by atoms with Crippen LogP contribution in [0.1, 0.15) is 26.7 Å². The van der Waals surface area contributed by atoms with Gasteiger partial charge in [0.05, 0.1) is 5.60 Å². The third kappa shape index (κ3) is 4.74. The van der Waals surface area contributed by atoms with Gasteiger partial charge in [-0.1, -0.05) is 13.8 Å². The van der Waals surface area contributed by atoms with Crippen LogP contribution in [-0.2, 0) is 10.8 Å². The number of hydrogen-bond acceptors (Lipinski definition) is 3. The smallest absolute Gasteiger partial charge is 0.0789 e. The lowest BCUT2D eigenvalue weighted by Gasteiger charge is -2.31. The van der Waals surface area contributed by atoms with E-state index < -0.39 is 16.4 Å². The molecule has 1 saturated heterocycles. The van der Waals surface area contributed by atoms with Crippen LogP contribution in [0.2, 0.25) is 0 Å². The molecule has 1 fully saturated rings. The molecular weight excluding hydrogens is 186 g/mol. The predicted molar refractivity (Wildman–Crippen MR) is 57.3 cm³/mol. The molecule has 0 aliphatic carbocycles. The highest BCUT2D eigenvalue weighted by molar-refractivity contribution is 7.85. The van der Waals surface area contributed by atoms with E-state index in [4.69, 9.17) is 0 Å². The highest BCUT2D eigenvalue weighted by Gasteiger charge is 2.30. The second-order valence-electron chi connectivity index (χ2n) is 3.10. The maximum absolute atomic E-state index is 10.9. The Kier molecular flexibility index (Phi) is 6.55. The first-order chi connectivity index (χ1) is 6.16. The Morgan fingerprint density at radius 3 is 2.23 bits per heavy atom. The summed E-state index contributed by atoms with van der Waals surface area (Å²) in [5.41, 5.74) is -0.595. The zero-order chi connectivity index (χ0) is 10.3. The van der Waals surface area contributed by atoms with Crippen molar-refractivity contribution in [2.75, 3.05) is 25.1 Å². The molecule has 0 amide bonds. The van der Waals surface area contributed by atoms with Crippen LogP contribution in [0.4, 0.5) is 0 Å². The van der Waals surface area contributed by atoms with E-state index in [0.717, 1.165) is 0 Å². The molecule has 0 atom stereocenters. The van der Waals surface area contributed by atoms with Crippen molar-refractivity contribution in [1.82, 2.24) is 5.32 Å². The largest absolute Gasteiger partial charge is 0.388 e. The summed E-state index contributed by atoms with van der Waals surface area (Å²) in [6.07, 6.45) is 1.33. The lowest BCUT2D eigenvalue weighted by molar-refractivity contribution is 0.0333. The van der Waals surface area contributed by atoms with E-state index in [9.17, 15) is 9.32 Å². The fourth-order valence-electron chi connectivity index (χ4n) is 1.34. The minimum Gasteiger partial charge on any atom is -0.388 e. The average Bonchev–Trinajstić information content (AvgIpc) is 2.15. The van der Waals surface area contributed by atoms with Gasteiger partial charge in [-0.05, 0) is 19.9 Å². The van der Waals surface area contributed by atoms with E-state index in [-0.39, 0.29) is 0 Å². The summed E-state index contributed by atoms with van der Waals surface area (Å²) in [5, 5.41) is 12.7. The van der Waals surface area contributed by atoms with Crippen molar-refractivity contribution in [1.29, 1.82) is 0 Å². The average molecular weight is 207 g/mol. The molecule has 0 spiro atoms. The van der Waals surface area contributed by atoms with E-state index in [0.29, 0.717) is 30.9 Å². The molecule has 4 heteroatoms. The minimum atomic E-state index is -0.678.